The number of hydrogen-bond donors (Lipinski definition) is 1. The molecule has 31 heavy (non-hydrogen) atoms. The summed E-state index contributed by atoms with van der Waals surface area (Å²) in [6.45, 7) is 1.79. The van der Waals surface area contributed by atoms with Gasteiger partial charge in [-0.1, -0.05) is 23.4 Å². The van der Waals surface area contributed by atoms with E-state index in [-0.39, 0.29) is 22.5 Å². The molecule has 0 spiro atoms. The normalized spacial score (nSPS) is 14.3. The van der Waals surface area contributed by atoms with Crippen LogP contribution in [-0.2, 0) is 26.1 Å². The summed E-state index contributed by atoms with van der Waals surface area (Å²) in [5.41, 5.74) is 1.05. The van der Waals surface area contributed by atoms with Crippen LogP contribution in [0.25, 0.3) is 0 Å². The number of carbonyl (C=O) groups is 1. The number of sulfone groups is 1. The van der Waals surface area contributed by atoms with Crippen molar-refractivity contribution < 1.29 is 18.0 Å². The Bertz CT molecular complexity index is 1200. The van der Waals surface area contributed by atoms with Gasteiger partial charge in [-0.2, -0.15) is 4.37 Å². The highest BCUT2D eigenvalue weighted by molar-refractivity contribution is 7.92. The number of aromatic nitrogens is 3. The first-order valence-corrected chi connectivity index (χ1v) is 11.8. The minimum atomic E-state index is -3.32. The van der Waals surface area contributed by atoms with E-state index in [0.717, 1.165) is 11.5 Å². The van der Waals surface area contributed by atoms with Crippen LogP contribution in [0.15, 0.2) is 58.7 Å². The fraction of sp³-hybridized carbons (Fsp3) is 0.250. The molecule has 0 radical (unpaired) electrons. The highest BCUT2D eigenvalue weighted by atomic mass is 32.2. The molecule has 11 heteroatoms. The van der Waals surface area contributed by atoms with Crippen LogP contribution in [0.1, 0.15) is 29.9 Å². The van der Waals surface area contributed by atoms with Gasteiger partial charge in [0.05, 0.1) is 15.8 Å². The Labute approximate surface area is 183 Å². The largest absolute Gasteiger partial charge is 0.389 e. The summed E-state index contributed by atoms with van der Waals surface area (Å²) in [5.74, 6) is -0.00482. The van der Waals surface area contributed by atoms with E-state index < -0.39 is 15.7 Å². The van der Waals surface area contributed by atoms with Crippen LogP contribution in [0, 0.1) is 6.92 Å². The molecule has 0 unspecified atom stereocenters. The summed E-state index contributed by atoms with van der Waals surface area (Å²) in [7, 11) is -3.32. The number of rotatable bonds is 8. The molecule has 1 N–H and O–H groups in total. The zero-order valence-corrected chi connectivity index (χ0v) is 18.2. The van der Waals surface area contributed by atoms with Crippen molar-refractivity contribution in [3.63, 3.8) is 0 Å². The van der Waals surface area contributed by atoms with Gasteiger partial charge in [-0.05, 0) is 44.0 Å². The first-order valence-electron chi connectivity index (χ1n) is 9.49. The third-order valence-corrected chi connectivity index (χ3v) is 7.48. The minimum absolute atomic E-state index is 0.0147. The van der Waals surface area contributed by atoms with Crippen LogP contribution >= 0.6 is 11.5 Å². The number of carbonyl (C=O) groups excluding carboxylic acids is 1. The lowest BCUT2D eigenvalue weighted by molar-refractivity contribution is -0.110. The molecule has 4 rings (SSSR count). The van der Waals surface area contributed by atoms with Crippen molar-refractivity contribution in [2.45, 2.75) is 36.5 Å². The zero-order valence-electron chi connectivity index (χ0n) is 16.6. The number of benzene rings is 1. The van der Waals surface area contributed by atoms with E-state index in [4.69, 9.17) is 4.84 Å². The Hall–Kier alpha value is -3.18. The number of aryl methyl sites for hydroxylation is 1. The molecule has 0 bridgehead atoms. The Morgan fingerprint density at radius 1 is 1.23 bits per heavy atom. The van der Waals surface area contributed by atoms with Crippen LogP contribution < -0.4 is 5.32 Å². The van der Waals surface area contributed by atoms with E-state index in [1.807, 2.05) is 6.07 Å². The fourth-order valence-electron chi connectivity index (χ4n) is 2.75. The molecule has 1 saturated carbocycles. The average molecular weight is 458 g/mol. The van der Waals surface area contributed by atoms with Crippen LogP contribution in [0.4, 0.5) is 5.13 Å². The fourth-order valence-corrected chi connectivity index (χ4v) is 4.98. The molecule has 160 valence electrons. The third kappa shape index (κ3) is 5.12. The molecule has 0 atom stereocenters. The number of hydrogen-bond acceptors (Lipinski definition) is 9. The number of nitrogens with one attached hydrogen (secondary N) is 1. The summed E-state index contributed by atoms with van der Waals surface area (Å²) in [6, 6.07) is 11.4. The lowest BCUT2D eigenvalue weighted by Crippen LogP contribution is -2.24. The summed E-state index contributed by atoms with van der Waals surface area (Å²) >= 11 is 1.05. The van der Waals surface area contributed by atoms with Gasteiger partial charge in [-0.25, -0.2) is 13.4 Å². The first-order chi connectivity index (χ1) is 14.9. The lowest BCUT2D eigenvalue weighted by Gasteiger charge is -2.08. The predicted molar refractivity (Wildman–Crippen MR) is 115 cm³/mol. The van der Waals surface area contributed by atoms with Gasteiger partial charge in [0.15, 0.2) is 22.2 Å². The van der Waals surface area contributed by atoms with Gasteiger partial charge in [0.1, 0.15) is 5.82 Å². The minimum Gasteiger partial charge on any atom is -0.389 e. The molecule has 2 aromatic heterocycles. The first kappa shape index (κ1) is 21.1. The van der Waals surface area contributed by atoms with Crippen LogP contribution in [0.5, 0.6) is 0 Å². The molecule has 3 aromatic rings. The molecule has 1 aliphatic rings. The standard InChI is InChI=1S/C20H19N5O4S2/c1-13-22-20(30-25-13)23-19(26)18(24-29-12-15-4-2-3-11-21-15)14-5-7-16(8-6-14)31(27,28)17-9-10-17/h2-8,11,17H,9-10,12H2,1H3,(H,22,23,25,26)/b24-18+. The second-order valence-corrected chi connectivity index (χ2v) is 9.88. The molecular weight excluding hydrogens is 438 g/mol. The predicted octanol–water partition coefficient (Wildman–Crippen LogP) is 2.74. The Morgan fingerprint density at radius 3 is 2.61 bits per heavy atom. The number of anilines is 1. The number of nitrogens with zero attached hydrogens (tertiary/aromatic N) is 4. The second-order valence-electron chi connectivity index (χ2n) is 6.90. The summed E-state index contributed by atoms with van der Waals surface area (Å²) < 4.78 is 28.9. The summed E-state index contributed by atoms with van der Waals surface area (Å²) in [6.07, 6.45) is 3.00. The quantitative estimate of drug-likeness (QED) is 0.407. The Balaban J connectivity index is 1.57. The molecule has 0 aliphatic heterocycles. The maximum atomic E-state index is 12.8. The van der Waals surface area contributed by atoms with Crippen molar-refractivity contribution in [1.29, 1.82) is 0 Å². The van der Waals surface area contributed by atoms with Gasteiger partial charge >= 0.3 is 0 Å². The van der Waals surface area contributed by atoms with Crippen molar-refractivity contribution in [3.8, 4) is 0 Å². The molecule has 1 fully saturated rings. The van der Waals surface area contributed by atoms with Gasteiger partial charge in [-0.3, -0.25) is 15.1 Å². The molecular formula is C20H19N5O4S2. The maximum absolute atomic E-state index is 12.8. The van der Waals surface area contributed by atoms with Crippen LogP contribution in [-0.4, -0.2) is 39.6 Å². The Kier molecular flexibility index (Phi) is 6.05. The van der Waals surface area contributed by atoms with E-state index in [1.165, 1.54) is 12.1 Å². The molecule has 9 nitrogen and oxygen atoms in total. The van der Waals surface area contributed by atoms with Gasteiger partial charge in [0.2, 0.25) is 5.13 Å². The van der Waals surface area contributed by atoms with Gasteiger partial charge in [0, 0.05) is 23.3 Å². The van der Waals surface area contributed by atoms with Crippen molar-refractivity contribution in [2.75, 3.05) is 5.32 Å². The average Bonchev–Trinajstić information content (AvgIpc) is 3.56. The molecule has 2 heterocycles. The van der Waals surface area contributed by atoms with E-state index in [2.05, 4.69) is 24.8 Å². The van der Waals surface area contributed by atoms with E-state index in [9.17, 15) is 13.2 Å². The van der Waals surface area contributed by atoms with E-state index in [1.54, 1.807) is 37.4 Å². The van der Waals surface area contributed by atoms with Crippen LogP contribution in [0.3, 0.4) is 0 Å². The number of amides is 1. The van der Waals surface area contributed by atoms with Crippen LogP contribution in [0.2, 0.25) is 0 Å². The highest BCUT2D eigenvalue weighted by Gasteiger charge is 2.36. The number of oxime groups is 1. The second kappa shape index (κ2) is 8.90. The van der Waals surface area contributed by atoms with Crippen molar-refractivity contribution in [2.24, 2.45) is 5.16 Å². The topological polar surface area (TPSA) is 123 Å². The molecule has 1 amide bonds. The molecule has 1 aromatic carbocycles. The van der Waals surface area contributed by atoms with E-state index >= 15 is 0 Å². The lowest BCUT2D eigenvalue weighted by atomic mass is 10.1. The summed E-state index contributed by atoms with van der Waals surface area (Å²) in [5, 5.41) is 6.67. The highest BCUT2D eigenvalue weighted by Crippen LogP contribution is 2.33. The monoisotopic (exact) mass is 457 g/mol. The van der Waals surface area contributed by atoms with E-state index in [0.29, 0.717) is 35.1 Å². The summed E-state index contributed by atoms with van der Waals surface area (Å²) in [4.78, 5) is 26.7. The zero-order chi connectivity index (χ0) is 21.8. The van der Waals surface area contributed by atoms with Crippen molar-refractivity contribution >= 4 is 38.1 Å². The third-order valence-electron chi connectivity index (χ3n) is 4.48. The number of pyridine rings is 1. The van der Waals surface area contributed by atoms with Crippen molar-refractivity contribution in [1.82, 2.24) is 14.3 Å². The van der Waals surface area contributed by atoms with Gasteiger partial charge < -0.3 is 4.84 Å². The van der Waals surface area contributed by atoms with Crippen molar-refractivity contribution in [3.05, 3.63) is 65.7 Å². The molecule has 1 aliphatic carbocycles. The Morgan fingerprint density at radius 2 is 2.00 bits per heavy atom. The smallest absolute Gasteiger partial charge is 0.280 e. The van der Waals surface area contributed by atoms with Gasteiger partial charge in [-0.15, -0.1) is 0 Å². The van der Waals surface area contributed by atoms with Gasteiger partial charge in [0.25, 0.3) is 5.91 Å². The maximum Gasteiger partial charge on any atom is 0.280 e. The molecule has 0 saturated heterocycles. The SMILES string of the molecule is Cc1nsc(NC(=O)/C(=N/OCc2ccccn2)c2ccc(S(=O)(=O)C3CC3)cc2)n1.